The minimum Gasteiger partial charge on any atom is -0.349 e. The molecule has 0 radical (unpaired) electrons. The normalized spacial score (nSPS) is 12.2. The van der Waals surface area contributed by atoms with Crippen LogP contribution in [-0.2, 0) is 18.3 Å². The molecule has 2 aromatic rings. The van der Waals surface area contributed by atoms with Gasteiger partial charge >= 0.3 is 0 Å². The Hall–Kier alpha value is -1.69. The fourth-order valence-electron chi connectivity index (χ4n) is 2.30. The standard InChI is InChI=1S/C16H19BrFN3O/c1-10(14-9-19-21(3)11(14)2)20-16(22)7-5-12-4-6-13(17)8-15(12)18/h4,6,8-10H,5,7H2,1-3H3,(H,20,22). The van der Waals surface area contributed by atoms with E-state index in [1.54, 1.807) is 23.0 Å². The zero-order valence-corrected chi connectivity index (χ0v) is 14.4. The lowest BCUT2D eigenvalue weighted by Crippen LogP contribution is -2.27. The molecular weight excluding hydrogens is 349 g/mol. The molecule has 0 saturated carbocycles. The number of rotatable bonds is 5. The molecule has 22 heavy (non-hydrogen) atoms. The molecule has 1 unspecified atom stereocenters. The molecule has 1 atom stereocenters. The number of nitrogens with one attached hydrogen (secondary N) is 1. The van der Waals surface area contributed by atoms with Crippen LogP contribution in [0.3, 0.4) is 0 Å². The van der Waals surface area contributed by atoms with Gasteiger partial charge < -0.3 is 5.32 Å². The van der Waals surface area contributed by atoms with Gasteiger partial charge in [-0.2, -0.15) is 5.10 Å². The number of hydrogen-bond acceptors (Lipinski definition) is 2. The average Bonchev–Trinajstić information content (AvgIpc) is 2.78. The van der Waals surface area contributed by atoms with Crippen molar-refractivity contribution in [3.63, 3.8) is 0 Å². The number of nitrogens with zero attached hydrogens (tertiary/aromatic N) is 2. The number of carbonyl (C=O) groups is 1. The maximum Gasteiger partial charge on any atom is 0.220 e. The highest BCUT2D eigenvalue weighted by Crippen LogP contribution is 2.18. The predicted molar refractivity (Wildman–Crippen MR) is 86.9 cm³/mol. The first-order chi connectivity index (χ1) is 10.4. The second-order valence-corrected chi connectivity index (χ2v) is 6.25. The van der Waals surface area contributed by atoms with Crippen LogP contribution in [-0.4, -0.2) is 15.7 Å². The molecule has 6 heteroatoms. The molecule has 4 nitrogen and oxygen atoms in total. The van der Waals surface area contributed by atoms with Crippen molar-refractivity contribution in [1.82, 2.24) is 15.1 Å². The number of hydrogen-bond donors (Lipinski definition) is 1. The molecule has 0 spiro atoms. The van der Waals surface area contributed by atoms with Crippen LogP contribution in [0.2, 0.25) is 0 Å². The first kappa shape index (κ1) is 16.7. The van der Waals surface area contributed by atoms with E-state index in [4.69, 9.17) is 0 Å². The maximum absolute atomic E-state index is 13.7. The highest BCUT2D eigenvalue weighted by molar-refractivity contribution is 9.10. The van der Waals surface area contributed by atoms with Crippen LogP contribution in [0.1, 0.15) is 36.2 Å². The zero-order valence-electron chi connectivity index (χ0n) is 12.9. The van der Waals surface area contributed by atoms with E-state index in [-0.39, 0.29) is 24.2 Å². The summed E-state index contributed by atoms with van der Waals surface area (Å²) in [4.78, 5) is 12.0. The Morgan fingerprint density at radius 2 is 2.23 bits per heavy atom. The Balaban J connectivity index is 1.91. The molecule has 1 heterocycles. The molecule has 1 aromatic carbocycles. The van der Waals surface area contributed by atoms with Gasteiger partial charge in [0.25, 0.3) is 0 Å². The third-order valence-electron chi connectivity index (χ3n) is 3.75. The molecule has 118 valence electrons. The first-order valence-electron chi connectivity index (χ1n) is 7.10. The SMILES string of the molecule is Cc1c(C(C)NC(=O)CCc2ccc(Br)cc2F)cnn1C. The first-order valence-corrected chi connectivity index (χ1v) is 7.89. The molecule has 0 aliphatic rings. The average molecular weight is 368 g/mol. The van der Waals surface area contributed by atoms with Crippen LogP contribution in [0.4, 0.5) is 4.39 Å². The fourth-order valence-corrected chi connectivity index (χ4v) is 2.64. The number of aryl methyl sites for hydroxylation is 2. The van der Waals surface area contributed by atoms with Crippen molar-refractivity contribution in [2.45, 2.75) is 32.7 Å². The van der Waals surface area contributed by atoms with Gasteiger partial charge in [0.05, 0.1) is 12.2 Å². The van der Waals surface area contributed by atoms with Gasteiger partial charge in [-0.3, -0.25) is 9.48 Å². The third-order valence-corrected chi connectivity index (χ3v) is 4.25. The topological polar surface area (TPSA) is 46.9 Å². The Morgan fingerprint density at radius 1 is 1.50 bits per heavy atom. The Labute approximate surface area is 137 Å². The quantitative estimate of drug-likeness (QED) is 0.879. The van der Waals surface area contributed by atoms with Crippen LogP contribution in [0.15, 0.2) is 28.9 Å². The van der Waals surface area contributed by atoms with Gasteiger partial charge in [-0.1, -0.05) is 22.0 Å². The van der Waals surface area contributed by atoms with Gasteiger partial charge in [0.15, 0.2) is 0 Å². The summed E-state index contributed by atoms with van der Waals surface area (Å²) in [6.07, 6.45) is 2.39. The molecule has 1 amide bonds. The highest BCUT2D eigenvalue weighted by Gasteiger charge is 2.15. The van der Waals surface area contributed by atoms with Gasteiger partial charge in [-0.25, -0.2) is 4.39 Å². The van der Waals surface area contributed by atoms with Crippen molar-refractivity contribution in [2.24, 2.45) is 7.05 Å². The molecule has 0 aliphatic carbocycles. The van der Waals surface area contributed by atoms with E-state index in [1.807, 2.05) is 20.9 Å². The van der Waals surface area contributed by atoms with Crippen molar-refractivity contribution in [3.8, 4) is 0 Å². The molecule has 0 aliphatic heterocycles. The summed E-state index contributed by atoms with van der Waals surface area (Å²) in [7, 11) is 1.86. The molecule has 2 rings (SSSR count). The summed E-state index contributed by atoms with van der Waals surface area (Å²) in [5.41, 5.74) is 2.56. The van der Waals surface area contributed by atoms with Crippen LogP contribution >= 0.6 is 15.9 Å². The Kier molecular flexibility index (Phi) is 5.34. The number of carbonyl (C=O) groups excluding carboxylic acids is 1. The van der Waals surface area contributed by atoms with Gasteiger partial charge in [0, 0.05) is 29.2 Å². The van der Waals surface area contributed by atoms with Crippen molar-refractivity contribution < 1.29 is 9.18 Å². The molecule has 0 fully saturated rings. The summed E-state index contributed by atoms with van der Waals surface area (Å²) in [6.45, 7) is 3.88. The minimum atomic E-state index is -0.293. The van der Waals surface area contributed by atoms with E-state index < -0.39 is 0 Å². The van der Waals surface area contributed by atoms with Gasteiger partial charge in [-0.15, -0.1) is 0 Å². The third kappa shape index (κ3) is 3.94. The van der Waals surface area contributed by atoms with Crippen LogP contribution in [0.5, 0.6) is 0 Å². The van der Waals surface area contributed by atoms with Crippen molar-refractivity contribution in [2.75, 3.05) is 0 Å². The van der Waals surface area contributed by atoms with Gasteiger partial charge in [0.2, 0.25) is 5.91 Å². The smallest absolute Gasteiger partial charge is 0.220 e. The van der Waals surface area contributed by atoms with E-state index in [1.165, 1.54) is 6.07 Å². The number of halogens is 2. The monoisotopic (exact) mass is 367 g/mol. The van der Waals surface area contributed by atoms with Crippen molar-refractivity contribution in [1.29, 1.82) is 0 Å². The van der Waals surface area contributed by atoms with E-state index in [0.717, 1.165) is 11.3 Å². The maximum atomic E-state index is 13.7. The van der Waals surface area contributed by atoms with Gasteiger partial charge in [0.1, 0.15) is 5.82 Å². The number of aromatic nitrogens is 2. The fraction of sp³-hybridized carbons (Fsp3) is 0.375. The molecule has 1 N–H and O–H groups in total. The van der Waals surface area contributed by atoms with Crippen molar-refractivity contribution in [3.05, 3.63) is 51.5 Å². The lowest BCUT2D eigenvalue weighted by molar-refractivity contribution is -0.121. The molecule has 0 bridgehead atoms. The second kappa shape index (κ2) is 7.05. The Bertz CT molecular complexity index is 684. The zero-order chi connectivity index (χ0) is 16.3. The van der Waals surface area contributed by atoms with Crippen LogP contribution in [0, 0.1) is 12.7 Å². The van der Waals surface area contributed by atoms with Crippen molar-refractivity contribution >= 4 is 21.8 Å². The number of benzene rings is 1. The van der Waals surface area contributed by atoms with Crippen LogP contribution in [0.25, 0.3) is 0 Å². The molecule has 0 saturated heterocycles. The lowest BCUT2D eigenvalue weighted by Gasteiger charge is -2.14. The Morgan fingerprint density at radius 3 is 2.82 bits per heavy atom. The van der Waals surface area contributed by atoms with Crippen LogP contribution < -0.4 is 5.32 Å². The van der Waals surface area contributed by atoms with E-state index in [9.17, 15) is 9.18 Å². The molecular formula is C16H19BrFN3O. The van der Waals surface area contributed by atoms with E-state index >= 15 is 0 Å². The summed E-state index contributed by atoms with van der Waals surface area (Å²) < 4.78 is 16.2. The highest BCUT2D eigenvalue weighted by atomic mass is 79.9. The van der Waals surface area contributed by atoms with Gasteiger partial charge in [-0.05, 0) is 38.0 Å². The predicted octanol–water partition coefficient (Wildman–Crippen LogP) is 3.44. The summed E-state index contributed by atoms with van der Waals surface area (Å²) in [6, 6.07) is 4.77. The summed E-state index contributed by atoms with van der Waals surface area (Å²) in [5, 5.41) is 7.10. The largest absolute Gasteiger partial charge is 0.349 e. The summed E-state index contributed by atoms with van der Waals surface area (Å²) >= 11 is 3.22. The number of amides is 1. The summed E-state index contributed by atoms with van der Waals surface area (Å²) in [5.74, 6) is -0.392. The lowest BCUT2D eigenvalue weighted by atomic mass is 10.1. The van der Waals surface area contributed by atoms with E-state index in [0.29, 0.717) is 16.5 Å². The second-order valence-electron chi connectivity index (χ2n) is 5.33. The minimum absolute atomic E-state index is 0.0990. The molecule has 1 aromatic heterocycles. The van der Waals surface area contributed by atoms with E-state index in [2.05, 4.69) is 26.3 Å².